The normalized spacial score (nSPS) is 11.1. The van der Waals surface area contributed by atoms with E-state index in [9.17, 15) is 4.79 Å². The van der Waals surface area contributed by atoms with Crippen LogP contribution in [0, 0.1) is 6.92 Å². The van der Waals surface area contributed by atoms with E-state index in [1.165, 1.54) is 11.3 Å². The minimum Gasteiger partial charge on any atom is -0.397 e. The van der Waals surface area contributed by atoms with Crippen molar-refractivity contribution in [2.45, 2.75) is 26.8 Å². The Hall–Kier alpha value is -1.55. The molecule has 1 aromatic carbocycles. The van der Waals surface area contributed by atoms with E-state index < -0.39 is 0 Å². The number of fused-ring (bicyclic) bond motifs is 1. The number of carbonyl (C=O) groups is 1. The van der Waals surface area contributed by atoms with Gasteiger partial charge in [-0.2, -0.15) is 0 Å². The Kier molecular flexibility index (Phi) is 3.07. The number of rotatable bonds is 2. The monoisotopic (exact) mass is 248 g/mol. The molecule has 0 saturated carbocycles. The summed E-state index contributed by atoms with van der Waals surface area (Å²) in [7, 11) is 0. The van der Waals surface area contributed by atoms with Gasteiger partial charge in [-0.15, -0.1) is 11.3 Å². The van der Waals surface area contributed by atoms with E-state index in [0.717, 1.165) is 15.6 Å². The minimum atomic E-state index is -0.0867. The van der Waals surface area contributed by atoms with Crippen molar-refractivity contribution in [3.8, 4) is 0 Å². The van der Waals surface area contributed by atoms with Gasteiger partial charge < -0.3 is 11.1 Å². The molecule has 0 aliphatic heterocycles. The smallest absolute Gasteiger partial charge is 0.263 e. The number of thiophene rings is 1. The predicted molar refractivity (Wildman–Crippen MR) is 73.6 cm³/mol. The van der Waals surface area contributed by atoms with Gasteiger partial charge in [0.2, 0.25) is 0 Å². The quantitative estimate of drug-likeness (QED) is 0.858. The zero-order valence-electron chi connectivity index (χ0n) is 10.2. The highest BCUT2D eigenvalue weighted by molar-refractivity contribution is 7.21. The van der Waals surface area contributed by atoms with Gasteiger partial charge in [-0.25, -0.2) is 0 Å². The van der Waals surface area contributed by atoms with Crippen LogP contribution < -0.4 is 11.1 Å². The van der Waals surface area contributed by atoms with E-state index in [1.807, 2.05) is 39.0 Å². The molecule has 3 nitrogen and oxygen atoms in total. The van der Waals surface area contributed by atoms with Gasteiger partial charge in [-0.3, -0.25) is 4.79 Å². The Morgan fingerprint density at radius 2 is 2.12 bits per heavy atom. The van der Waals surface area contributed by atoms with Crippen LogP contribution in [-0.4, -0.2) is 11.9 Å². The first kappa shape index (κ1) is 11.9. The van der Waals surface area contributed by atoms with Crippen molar-refractivity contribution in [2.75, 3.05) is 5.73 Å². The first-order chi connectivity index (χ1) is 7.99. The summed E-state index contributed by atoms with van der Waals surface area (Å²) in [5, 5.41) is 3.84. The van der Waals surface area contributed by atoms with Crippen molar-refractivity contribution >= 4 is 33.0 Å². The molecule has 90 valence electrons. The number of anilines is 1. The van der Waals surface area contributed by atoms with Crippen molar-refractivity contribution < 1.29 is 4.79 Å². The minimum absolute atomic E-state index is 0.0867. The van der Waals surface area contributed by atoms with Crippen molar-refractivity contribution in [1.82, 2.24) is 5.32 Å². The number of hydrogen-bond donors (Lipinski definition) is 2. The Labute approximate surface area is 105 Å². The molecule has 0 aliphatic rings. The van der Waals surface area contributed by atoms with E-state index in [2.05, 4.69) is 5.32 Å². The number of carbonyl (C=O) groups excluding carboxylic acids is 1. The van der Waals surface area contributed by atoms with Gasteiger partial charge in [0.15, 0.2) is 0 Å². The summed E-state index contributed by atoms with van der Waals surface area (Å²) in [4.78, 5) is 12.6. The predicted octanol–water partition coefficient (Wildman–Crippen LogP) is 2.93. The van der Waals surface area contributed by atoms with Gasteiger partial charge in [0.05, 0.1) is 5.69 Å². The highest BCUT2D eigenvalue weighted by atomic mass is 32.1. The van der Waals surface area contributed by atoms with Gasteiger partial charge in [0, 0.05) is 16.1 Å². The summed E-state index contributed by atoms with van der Waals surface area (Å²) in [5.41, 5.74) is 7.77. The Balaban J connectivity index is 2.49. The number of nitrogens with one attached hydrogen (secondary N) is 1. The van der Waals surface area contributed by atoms with E-state index in [1.54, 1.807) is 0 Å². The average molecular weight is 248 g/mol. The second-order valence-corrected chi connectivity index (χ2v) is 5.52. The molecule has 1 amide bonds. The lowest BCUT2D eigenvalue weighted by molar-refractivity contribution is 0.0948. The maximum Gasteiger partial charge on any atom is 0.263 e. The molecular formula is C13H16N2OS. The van der Waals surface area contributed by atoms with Crippen molar-refractivity contribution in [3.63, 3.8) is 0 Å². The summed E-state index contributed by atoms with van der Waals surface area (Å²) in [6.07, 6.45) is 0. The van der Waals surface area contributed by atoms with Crippen molar-refractivity contribution in [3.05, 3.63) is 28.6 Å². The molecule has 0 spiro atoms. The Morgan fingerprint density at radius 3 is 2.76 bits per heavy atom. The van der Waals surface area contributed by atoms with Gasteiger partial charge >= 0.3 is 0 Å². The van der Waals surface area contributed by atoms with Gasteiger partial charge in [0.25, 0.3) is 5.91 Å². The van der Waals surface area contributed by atoms with Crippen LogP contribution in [0.1, 0.15) is 29.1 Å². The van der Waals surface area contributed by atoms with Crippen LogP contribution in [0.15, 0.2) is 18.2 Å². The van der Waals surface area contributed by atoms with Crippen molar-refractivity contribution in [1.29, 1.82) is 0 Å². The first-order valence-corrected chi connectivity index (χ1v) is 6.40. The van der Waals surface area contributed by atoms with Crippen molar-refractivity contribution in [2.24, 2.45) is 0 Å². The topological polar surface area (TPSA) is 55.1 Å². The lowest BCUT2D eigenvalue weighted by atomic mass is 10.1. The highest BCUT2D eigenvalue weighted by Gasteiger charge is 2.16. The van der Waals surface area contributed by atoms with E-state index >= 15 is 0 Å². The molecule has 0 unspecified atom stereocenters. The molecule has 1 aromatic heterocycles. The second-order valence-electron chi connectivity index (χ2n) is 4.47. The second kappa shape index (κ2) is 4.37. The number of nitrogens with two attached hydrogens (primary N) is 1. The summed E-state index contributed by atoms with van der Waals surface area (Å²) >= 11 is 1.45. The molecule has 0 saturated heterocycles. The summed E-state index contributed by atoms with van der Waals surface area (Å²) in [6, 6.07) is 6.18. The maximum absolute atomic E-state index is 11.9. The fraction of sp³-hybridized carbons (Fsp3) is 0.308. The Morgan fingerprint density at radius 1 is 1.41 bits per heavy atom. The third-order valence-corrected chi connectivity index (χ3v) is 3.69. The van der Waals surface area contributed by atoms with Crippen LogP contribution in [0.25, 0.3) is 10.1 Å². The molecule has 0 fully saturated rings. The van der Waals surface area contributed by atoms with E-state index in [0.29, 0.717) is 10.6 Å². The number of nitrogen functional groups attached to an aromatic ring is 1. The molecule has 1 heterocycles. The van der Waals surface area contributed by atoms with Gasteiger partial charge in [0.1, 0.15) is 4.88 Å². The maximum atomic E-state index is 11.9. The zero-order valence-corrected chi connectivity index (χ0v) is 11.0. The van der Waals surface area contributed by atoms with Gasteiger partial charge in [-0.1, -0.05) is 11.6 Å². The molecule has 0 atom stereocenters. The number of benzene rings is 1. The summed E-state index contributed by atoms with van der Waals surface area (Å²) in [5.74, 6) is -0.0867. The van der Waals surface area contributed by atoms with Crippen LogP contribution in [0.5, 0.6) is 0 Å². The molecule has 2 rings (SSSR count). The van der Waals surface area contributed by atoms with Crippen LogP contribution in [0.2, 0.25) is 0 Å². The average Bonchev–Trinajstić information content (AvgIpc) is 2.55. The molecule has 4 heteroatoms. The largest absolute Gasteiger partial charge is 0.397 e. The first-order valence-electron chi connectivity index (χ1n) is 5.58. The lowest BCUT2D eigenvalue weighted by Gasteiger charge is -2.06. The SMILES string of the molecule is Cc1ccc2sc(C(=O)NC(C)C)c(N)c2c1. The third-order valence-electron chi connectivity index (χ3n) is 2.51. The number of amides is 1. The van der Waals surface area contributed by atoms with E-state index in [-0.39, 0.29) is 11.9 Å². The molecule has 17 heavy (non-hydrogen) atoms. The van der Waals surface area contributed by atoms with Crippen LogP contribution in [0.4, 0.5) is 5.69 Å². The summed E-state index contributed by atoms with van der Waals surface area (Å²) < 4.78 is 1.06. The Bertz CT molecular complexity index is 572. The van der Waals surface area contributed by atoms with Gasteiger partial charge in [-0.05, 0) is 32.9 Å². The van der Waals surface area contributed by atoms with Crippen LogP contribution in [0.3, 0.4) is 0 Å². The third kappa shape index (κ3) is 2.26. The van der Waals surface area contributed by atoms with Crippen LogP contribution in [-0.2, 0) is 0 Å². The zero-order chi connectivity index (χ0) is 12.6. The number of aryl methyl sites for hydroxylation is 1. The van der Waals surface area contributed by atoms with Crippen LogP contribution >= 0.6 is 11.3 Å². The highest BCUT2D eigenvalue weighted by Crippen LogP contribution is 2.34. The molecule has 0 bridgehead atoms. The molecular weight excluding hydrogens is 232 g/mol. The molecule has 0 radical (unpaired) electrons. The standard InChI is InChI=1S/C13H16N2OS/c1-7(2)15-13(16)12-11(14)9-6-8(3)4-5-10(9)17-12/h4-7H,14H2,1-3H3,(H,15,16). The van der Waals surface area contributed by atoms with E-state index in [4.69, 9.17) is 5.73 Å². The number of hydrogen-bond acceptors (Lipinski definition) is 3. The fourth-order valence-electron chi connectivity index (χ4n) is 1.73. The fourth-order valence-corrected chi connectivity index (χ4v) is 2.73. The molecule has 2 aromatic rings. The molecule has 0 aliphatic carbocycles. The molecule has 3 N–H and O–H groups in total. The lowest BCUT2D eigenvalue weighted by Crippen LogP contribution is -2.29. The summed E-state index contributed by atoms with van der Waals surface area (Å²) in [6.45, 7) is 5.89.